The van der Waals surface area contributed by atoms with Gasteiger partial charge in [0.15, 0.2) is 0 Å². The smallest absolute Gasteiger partial charge is 0.270 e. The van der Waals surface area contributed by atoms with E-state index in [1.54, 1.807) is 0 Å². The first-order valence-corrected chi connectivity index (χ1v) is 10.6. The fourth-order valence-electron chi connectivity index (χ4n) is 4.58. The number of aromatic nitrogens is 1. The van der Waals surface area contributed by atoms with Crippen molar-refractivity contribution < 1.29 is 9.53 Å². The standard InChI is InChI=1S/C23H31N3O2/c1-2-26(23(27)22-13-18-16-28-12-11-21(18)25-22)20-10-6-9-19(14-20)24-15-17-7-4-3-5-8-17/h3-5,7-8,13,19-20,24-25H,2,6,9-12,14-16H2,1H3/t19-,20+/m1/s1. The molecule has 5 heteroatoms. The average Bonchev–Trinajstić information content (AvgIpc) is 3.18. The lowest BCUT2D eigenvalue weighted by atomic mass is 9.89. The first-order chi connectivity index (χ1) is 13.7. The number of benzene rings is 1. The number of nitrogens with one attached hydrogen (secondary N) is 2. The Hall–Kier alpha value is -2.11. The van der Waals surface area contributed by atoms with E-state index in [1.807, 2.05) is 6.07 Å². The molecule has 0 radical (unpaired) electrons. The second-order valence-corrected chi connectivity index (χ2v) is 7.96. The molecule has 0 spiro atoms. The predicted octanol–water partition coefficient (Wildman–Crippen LogP) is 3.65. The highest BCUT2D eigenvalue weighted by Crippen LogP contribution is 2.26. The molecule has 4 rings (SSSR count). The summed E-state index contributed by atoms with van der Waals surface area (Å²) in [7, 11) is 0. The number of hydrogen-bond acceptors (Lipinski definition) is 3. The lowest BCUT2D eigenvalue weighted by Gasteiger charge is -2.37. The minimum atomic E-state index is 0.130. The third kappa shape index (κ3) is 4.31. The van der Waals surface area contributed by atoms with Gasteiger partial charge in [-0.1, -0.05) is 30.3 Å². The van der Waals surface area contributed by atoms with Crippen molar-refractivity contribution in [3.63, 3.8) is 0 Å². The summed E-state index contributed by atoms with van der Waals surface area (Å²) in [6.07, 6.45) is 5.32. The van der Waals surface area contributed by atoms with Crippen molar-refractivity contribution in [3.05, 3.63) is 58.9 Å². The number of ether oxygens (including phenoxy) is 1. The van der Waals surface area contributed by atoms with Crippen LogP contribution in [0.25, 0.3) is 0 Å². The summed E-state index contributed by atoms with van der Waals surface area (Å²) in [6.45, 7) is 5.07. The second-order valence-electron chi connectivity index (χ2n) is 7.96. The van der Waals surface area contributed by atoms with E-state index in [-0.39, 0.29) is 5.91 Å². The molecule has 2 heterocycles. The van der Waals surface area contributed by atoms with Crippen molar-refractivity contribution in [2.45, 2.75) is 64.3 Å². The SMILES string of the molecule is CCN(C(=O)c1cc2c([nH]1)CCOC2)[C@H]1CCC[C@@H](NCc2ccccc2)C1. The number of H-pyrrole nitrogens is 1. The zero-order valence-corrected chi connectivity index (χ0v) is 16.7. The number of fused-ring (bicyclic) bond motifs is 1. The number of amides is 1. The molecule has 0 saturated heterocycles. The van der Waals surface area contributed by atoms with Gasteiger partial charge in [-0.05, 0) is 49.8 Å². The number of nitrogens with zero attached hydrogens (tertiary/aromatic N) is 1. The Morgan fingerprint density at radius 1 is 1.29 bits per heavy atom. The van der Waals surface area contributed by atoms with E-state index < -0.39 is 0 Å². The zero-order valence-electron chi connectivity index (χ0n) is 16.7. The molecule has 2 N–H and O–H groups in total. The molecule has 1 aliphatic heterocycles. The topological polar surface area (TPSA) is 57.4 Å². The van der Waals surface area contributed by atoms with Crippen molar-refractivity contribution in [2.75, 3.05) is 13.2 Å². The summed E-state index contributed by atoms with van der Waals surface area (Å²) in [6, 6.07) is 13.3. The average molecular weight is 382 g/mol. The zero-order chi connectivity index (χ0) is 19.3. The Balaban J connectivity index is 1.39. The van der Waals surface area contributed by atoms with Crippen molar-refractivity contribution in [3.8, 4) is 0 Å². The Morgan fingerprint density at radius 2 is 2.14 bits per heavy atom. The molecule has 5 nitrogen and oxygen atoms in total. The van der Waals surface area contributed by atoms with Crippen LogP contribution in [0, 0.1) is 0 Å². The predicted molar refractivity (Wildman–Crippen MR) is 110 cm³/mol. The molecule has 1 fully saturated rings. The maximum atomic E-state index is 13.2. The summed E-state index contributed by atoms with van der Waals surface area (Å²) in [5.74, 6) is 0.130. The summed E-state index contributed by atoms with van der Waals surface area (Å²) in [5, 5.41) is 3.70. The molecule has 1 saturated carbocycles. The highest BCUT2D eigenvalue weighted by molar-refractivity contribution is 5.93. The van der Waals surface area contributed by atoms with Gasteiger partial charge in [-0.25, -0.2) is 0 Å². The first kappa shape index (κ1) is 19.2. The van der Waals surface area contributed by atoms with E-state index in [1.165, 1.54) is 12.0 Å². The molecule has 1 aliphatic carbocycles. The molecule has 2 atom stereocenters. The number of carbonyl (C=O) groups excluding carboxylic acids is 1. The Labute approximate surface area is 167 Å². The number of hydrogen-bond donors (Lipinski definition) is 2. The maximum absolute atomic E-state index is 13.2. The van der Waals surface area contributed by atoms with E-state index in [2.05, 4.69) is 52.5 Å². The van der Waals surface area contributed by atoms with Crippen molar-refractivity contribution in [2.24, 2.45) is 0 Å². The lowest BCUT2D eigenvalue weighted by molar-refractivity contribution is 0.0622. The Morgan fingerprint density at radius 3 is 2.93 bits per heavy atom. The van der Waals surface area contributed by atoms with E-state index in [4.69, 9.17) is 4.74 Å². The van der Waals surface area contributed by atoms with Gasteiger partial charge < -0.3 is 19.9 Å². The third-order valence-electron chi connectivity index (χ3n) is 6.10. The Kier molecular flexibility index (Phi) is 6.13. The van der Waals surface area contributed by atoms with Crippen LogP contribution in [0.4, 0.5) is 0 Å². The summed E-state index contributed by atoms with van der Waals surface area (Å²) in [5.41, 5.74) is 4.33. The number of carbonyl (C=O) groups is 1. The quantitative estimate of drug-likeness (QED) is 0.803. The van der Waals surface area contributed by atoms with Crippen LogP contribution >= 0.6 is 0 Å². The monoisotopic (exact) mass is 381 g/mol. The van der Waals surface area contributed by atoms with Crippen molar-refractivity contribution >= 4 is 5.91 Å². The largest absolute Gasteiger partial charge is 0.376 e. The van der Waals surface area contributed by atoms with Crippen molar-refractivity contribution in [1.29, 1.82) is 0 Å². The van der Waals surface area contributed by atoms with Gasteiger partial charge in [-0.15, -0.1) is 0 Å². The minimum Gasteiger partial charge on any atom is -0.376 e. The van der Waals surface area contributed by atoms with Crippen molar-refractivity contribution in [1.82, 2.24) is 15.2 Å². The fraction of sp³-hybridized carbons (Fsp3) is 0.522. The van der Waals surface area contributed by atoms with Gasteiger partial charge in [-0.2, -0.15) is 0 Å². The maximum Gasteiger partial charge on any atom is 0.270 e. The fourth-order valence-corrected chi connectivity index (χ4v) is 4.58. The molecule has 1 aromatic carbocycles. The summed E-state index contributed by atoms with van der Waals surface area (Å²) in [4.78, 5) is 18.6. The molecule has 2 aromatic rings. The van der Waals surface area contributed by atoms with Gasteiger partial charge in [0, 0.05) is 37.3 Å². The van der Waals surface area contributed by atoms with Gasteiger partial charge in [0.1, 0.15) is 5.69 Å². The molecular weight excluding hydrogens is 350 g/mol. The second kappa shape index (κ2) is 8.93. The van der Waals surface area contributed by atoms with E-state index >= 15 is 0 Å². The lowest BCUT2D eigenvalue weighted by Crippen LogP contribution is -2.46. The highest BCUT2D eigenvalue weighted by atomic mass is 16.5. The van der Waals surface area contributed by atoms with E-state index in [9.17, 15) is 4.79 Å². The summed E-state index contributed by atoms with van der Waals surface area (Å²) < 4.78 is 5.52. The van der Waals surface area contributed by atoms with Gasteiger partial charge in [0.05, 0.1) is 13.2 Å². The molecule has 0 bridgehead atoms. The van der Waals surface area contributed by atoms with Gasteiger partial charge >= 0.3 is 0 Å². The molecule has 150 valence electrons. The molecule has 0 unspecified atom stereocenters. The molecule has 28 heavy (non-hydrogen) atoms. The van der Waals surface area contributed by atoms with Crippen LogP contribution in [-0.4, -0.2) is 41.0 Å². The van der Waals surface area contributed by atoms with Crippen LogP contribution in [0.5, 0.6) is 0 Å². The van der Waals surface area contributed by atoms with Crippen LogP contribution in [0.1, 0.15) is 59.9 Å². The van der Waals surface area contributed by atoms with Crippen LogP contribution in [0.15, 0.2) is 36.4 Å². The Bertz CT molecular complexity index is 763. The van der Waals surface area contributed by atoms with Crippen LogP contribution in [-0.2, 0) is 24.3 Å². The minimum absolute atomic E-state index is 0.130. The van der Waals surface area contributed by atoms with E-state index in [0.717, 1.165) is 62.3 Å². The van der Waals surface area contributed by atoms with Crippen LogP contribution in [0.3, 0.4) is 0 Å². The van der Waals surface area contributed by atoms with Gasteiger partial charge in [-0.3, -0.25) is 4.79 Å². The van der Waals surface area contributed by atoms with E-state index in [0.29, 0.717) is 18.7 Å². The van der Waals surface area contributed by atoms with Gasteiger partial charge in [0.2, 0.25) is 0 Å². The first-order valence-electron chi connectivity index (χ1n) is 10.6. The number of rotatable bonds is 6. The molecule has 1 amide bonds. The third-order valence-corrected chi connectivity index (χ3v) is 6.10. The van der Waals surface area contributed by atoms with Crippen LogP contribution < -0.4 is 5.32 Å². The number of aromatic amines is 1. The van der Waals surface area contributed by atoms with Gasteiger partial charge in [0.25, 0.3) is 5.91 Å². The molecule has 2 aliphatic rings. The molecule has 1 aromatic heterocycles. The van der Waals surface area contributed by atoms with Crippen LogP contribution in [0.2, 0.25) is 0 Å². The summed E-state index contributed by atoms with van der Waals surface area (Å²) >= 11 is 0. The molecular formula is C23H31N3O2. The highest BCUT2D eigenvalue weighted by Gasteiger charge is 2.30. The normalized spacial score (nSPS) is 21.9.